The van der Waals surface area contributed by atoms with Gasteiger partial charge in [-0.25, -0.2) is 0 Å². The van der Waals surface area contributed by atoms with Crippen LogP contribution in [0.3, 0.4) is 0 Å². The molecule has 19 heteroatoms. The molecule has 0 fully saturated rings. The number of fused-ring (bicyclic) bond motifs is 2. The van der Waals surface area contributed by atoms with Crippen LogP contribution < -0.4 is 20.1 Å². The Morgan fingerprint density at radius 3 is 1.54 bits per heavy atom. The van der Waals surface area contributed by atoms with E-state index in [9.17, 15) is 14.1 Å². The number of amides is 2. The highest BCUT2D eigenvalue weighted by Gasteiger charge is 2.29. The summed E-state index contributed by atoms with van der Waals surface area (Å²) in [7, 11) is 4.17. The number of rotatable bonds is 24. The molecule has 0 saturated heterocycles. The maximum atomic E-state index is 12.8. The fraction of sp³-hybridized carbons (Fsp3) is 0.435. The van der Waals surface area contributed by atoms with Crippen molar-refractivity contribution in [1.29, 1.82) is 0 Å². The lowest BCUT2D eigenvalue weighted by Crippen LogP contribution is -2.42. The van der Waals surface area contributed by atoms with Crippen molar-refractivity contribution in [3.05, 3.63) is 126 Å². The van der Waals surface area contributed by atoms with Gasteiger partial charge in [0.15, 0.2) is 4.90 Å². The molecule has 0 bridgehead atoms. The van der Waals surface area contributed by atoms with Gasteiger partial charge >= 0.3 is 11.8 Å². The molecule has 0 aromatic heterocycles. The van der Waals surface area contributed by atoms with E-state index in [4.69, 9.17) is 65.4 Å². The predicted octanol–water partition coefficient (Wildman–Crippen LogP) is 6.66. The molecular formula is C46H56Cl4N6O7S2. The smallest absolute Gasteiger partial charge is 0.309 e. The van der Waals surface area contributed by atoms with Crippen LogP contribution in [0, 0.1) is 0 Å². The molecule has 2 aliphatic rings. The Morgan fingerprint density at radius 1 is 0.631 bits per heavy atom. The van der Waals surface area contributed by atoms with Crippen LogP contribution in [-0.2, 0) is 53.0 Å². The van der Waals surface area contributed by atoms with E-state index >= 15 is 0 Å². The summed E-state index contributed by atoms with van der Waals surface area (Å²) in [6.07, 6.45) is 0. The quantitative estimate of drug-likeness (QED) is 0.0258. The Bertz CT molecular complexity index is 2160. The molecule has 0 spiro atoms. The first-order valence-electron chi connectivity index (χ1n) is 21.4. The second-order valence-corrected chi connectivity index (χ2v) is 19.6. The maximum Gasteiger partial charge on any atom is 0.309 e. The molecule has 0 radical (unpaired) electrons. The van der Waals surface area contributed by atoms with Gasteiger partial charge < -0.3 is 43.9 Å². The fourth-order valence-corrected chi connectivity index (χ4v) is 10.2. The van der Waals surface area contributed by atoms with Crippen molar-refractivity contribution >= 4 is 81.5 Å². The standard InChI is InChI=1S/C46H56Cl4N6O7S2/c1-55-27-39(37-23-33(47)25-43(49)41(37)29-55)31-3-7-35(8-4-31)64-53-13-17-62-21-19-60-15-11-51-45(57)46(58)52-12-16-61-20-22-63-18-14-54-65(59)36-9-5-32(6-10-36)40-28-56(2)30-42-38(40)24-34(48)26-44(42)50/h3-10,23-26,39-40,53-54H,11-22,27-30H2,1-2H3,(H,51,57)(H,52,58). The van der Waals surface area contributed by atoms with Gasteiger partial charge in [0.25, 0.3) is 0 Å². The molecule has 65 heavy (non-hydrogen) atoms. The van der Waals surface area contributed by atoms with Crippen molar-refractivity contribution in [1.82, 2.24) is 29.9 Å². The number of halogens is 4. The summed E-state index contributed by atoms with van der Waals surface area (Å²) in [5.74, 6) is -1.18. The van der Waals surface area contributed by atoms with Crippen LogP contribution in [0.4, 0.5) is 0 Å². The van der Waals surface area contributed by atoms with E-state index in [1.165, 1.54) is 11.1 Å². The van der Waals surface area contributed by atoms with E-state index in [0.29, 0.717) is 77.7 Å². The van der Waals surface area contributed by atoms with Crippen molar-refractivity contribution in [2.24, 2.45) is 0 Å². The predicted molar refractivity (Wildman–Crippen MR) is 260 cm³/mol. The van der Waals surface area contributed by atoms with E-state index in [1.807, 2.05) is 42.5 Å². The number of hydrogen-bond donors (Lipinski definition) is 4. The Hall–Kier alpha value is -2.68. The second kappa shape index (κ2) is 26.8. The summed E-state index contributed by atoms with van der Waals surface area (Å²) in [6, 6.07) is 23.9. The van der Waals surface area contributed by atoms with E-state index in [-0.39, 0.29) is 38.1 Å². The molecule has 4 N–H and O–H groups in total. The van der Waals surface area contributed by atoms with Crippen LogP contribution in [0.2, 0.25) is 20.1 Å². The molecule has 13 nitrogen and oxygen atoms in total. The summed E-state index contributed by atoms with van der Waals surface area (Å²) in [5, 5.41) is 7.72. The van der Waals surface area contributed by atoms with Gasteiger partial charge in [-0.1, -0.05) is 70.7 Å². The van der Waals surface area contributed by atoms with Gasteiger partial charge in [0, 0.05) is 82.6 Å². The van der Waals surface area contributed by atoms with Crippen molar-refractivity contribution in [2.45, 2.75) is 34.7 Å². The number of hydrogen-bond acceptors (Lipinski definition) is 12. The van der Waals surface area contributed by atoms with Gasteiger partial charge in [-0.05, 0) is 108 Å². The number of carbonyl (C=O) groups excluding carboxylic acids is 2. The molecule has 6 rings (SSSR count). The van der Waals surface area contributed by atoms with Crippen LogP contribution in [0.5, 0.6) is 0 Å². The number of likely N-dealkylation sites (N-methyl/N-ethyl adjacent to an activating group) is 2. The van der Waals surface area contributed by atoms with Gasteiger partial charge in [0.1, 0.15) is 0 Å². The van der Waals surface area contributed by atoms with E-state index in [2.05, 4.69) is 68.2 Å². The molecule has 352 valence electrons. The molecule has 0 saturated carbocycles. The Labute approximate surface area is 409 Å². The first-order valence-corrected chi connectivity index (χ1v) is 24.9. The third-order valence-electron chi connectivity index (χ3n) is 10.8. The van der Waals surface area contributed by atoms with E-state index < -0.39 is 23.2 Å². The van der Waals surface area contributed by atoms with Crippen LogP contribution in [0.1, 0.15) is 45.2 Å². The lowest BCUT2D eigenvalue weighted by Gasteiger charge is -2.33. The van der Waals surface area contributed by atoms with Crippen molar-refractivity contribution in [2.75, 3.05) is 106 Å². The van der Waals surface area contributed by atoms with E-state index in [0.717, 1.165) is 53.3 Å². The molecule has 2 amide bonds. The Kier molecular flexibility index (Phi) is 21.3. The maximum absolute atomic E-state index is 12.8. The summed E-state index contributed by atoms with van der Waals surface area (Å²) in [6.45, 7) is 7.40. The molecule has 3 atom stereocenters. The first kappa shape index (κ1) is 51.7. The number of ether oxygens (including phenoxy) is 4. The van der Waals surface area contributed by atoms with Crippen LogP contribution in [0.25, 0.3) is 0 Å². The number of nitrogens with one attached hydrogen (secondary N) is 4. The highest BCUT2D eigenvalue weighted by atomic mass is 35.5. The van der Waals surface area contributed by atoms with Gasteiger partial charge in [-0.2, -0.15) is 0 Å². The van der Waals surface area contributed by atoms with Crippen molar-refractivity contribution in [3.63, 3.8) is 0 Å². The highest BCUT2D eigenvalue weighted by molar-refractivity contribution is 7.97. The number of carbonyl (C=O) groups is 2. The van der Waals surface area contributed by atoms with Gasteiger partial charge in [0.2, 0.25) is 0 Å². The van der Waals surface area contributed by atoms with E-state index in [1.54, 1.807) is 18.0 Å². The molecule has 4 aromatic rings. The molecule has 4 aromatic carbocycles. The van der Waals surface area contributed by atoms with Crippen LogP contribution in [-0.4, -0.2) is 132 Å². The molecule has 2 heterocycles. The summed E-state index contributed by atoms with van der Waals surface area (Å²) in [5.41, 5.74) is 6.87. The second-order valence-electron chi connectivity index (χ2n) is 15.7. The number of benzene rings is 4. The molecule has 0 aliphatic carbocycles. The minimum absolute atomic E-state index is 0.107. The van der Waals surface area contributed by atoms with Crippen LogP contribution in [0.15, 0.2) is 82.6 Å². The normalized spacial score (nSPS) is 16.8. The van der Waals surface area contributed by atoms with Gasteiger partial charge in [-0.15, -0.1) is 4.72 Å². The summed E-state index contributed by atoms with van der Waals surface area (Å²) < 4.78 is 41.3. The SMILES string of the molecule is CN1Cc2c(Cl)cc(Cl)cc2C(c2ccc(SNCCOCCOCCNC(=O)C(=O)NCCOCCOCCN[S+]([O-])c3ccc(C4CN(C)Cc5c(Cl)cc(Cl)cc54)cc3)cc2)C1. The lowest BCUT2D eigenvalue weighted by molar-refractivity contribution is -0.139. The lowest BCUT2D eigenvalue weighted by atomic mass is 9.85. The minimum atomic E-state index is -1.40. The Morgan fingerprint density at radius 2 is 1.06 bits per heavy atom. The monoisotopic (exact) mass is 1010 g/mol. The molecule has 3 unspecified atom stereocenters. The minimum Gasteiger partial charge on any atom is -0.593 e. The zero-order chi connectivity index (χ0) is 46.1. The summed E-state index contributed by atoms with van der Waals surface area (Å²) >= 11 is 25.9. The average molecular weight is 1010 g/mol. The Balaban J connectivity index is 0.715. The zero-order valence-electron chi connectivity index (χ0n) is 36.5. The third kappa shape index (κ3) is 15.9. The number of nitrogens with zero attached hydrogens (tertiary/aromatic N) is 2. The largest absolute Gasteiger partial charge is 0.593 e. The van der Waals surface area contributed by atoms with Crippen LogP contribution >= 0.6 is 58.4 Å². The average Bonchev–Trinajstić information content (AvgIpc) is 3.29. The molecule has 2 aliphatic heterocycles. The third-order valence-corrected chi connectivity index (χ3v) is 13.9. The molecular weight excluding hydrogens is 954 g/mol. The fourth-order valence-electron chi connectivity index (χ4n) is 7.67. The van der Waals surface area contributed by atoms with Gasteiger partial charge in [-0.3, -0.25) is 14.3 Å². The van der Waals surface area contributed by atoms with Gasteiger partial charge in [0.05, 0.1) is 70.8 Å². The zero-order valence-corrected chi connectivity index (χ0v) is 41.1. The summed E-state index contributed by atoms with van der Waals surface area (Å²) in [4.78, 5) is 30.4. The topological polar surface area (TPSA) is 149 Å². The van der Waals surface area contributed by atoms with Crippen molar-refractivity contribution < 1.29 is 33.1 Å². The van der Waals surface area contributed by atoms with Crippen molar-refractivity contribution in [3.8, 4) is 0 Å². The highest BCUT2D eigenvalue weighted by Crippen LogP contribution is 2.40. The first-order chi connectivity index (χ1) is 31.5.